The summed E-state index contributed by atoms with van der Waals surface area (Å²) in [5.41, 5.74) is 1.65. The van der Waals surface area contributed by atoms with Gasteiger partial charge in [0.05, 0.1) is 16.7 Å². The van der Waals surface area contributed by atoms with Gasteiger partial charge in [-0.15, -0.1) is 0 Å². The Balaban J connectivity index is 1.30. The number of anilines is 1. The van der Waals surface area contributed by atoms with E-state index in [0.717, 1.165) is 10.6 Å². The topological polar surface area (TPSA) is 144 Å². The molecule has 190 valence electrons. The molecule has 2 aromatic carbocycles. The van der Waals surface area contributed by atoms with Gasteiger partial charge in [-0.3, -0.25) is 34.2 Å². The molecule has 2 saturated heterocycles. The van der Waals surface area contributed by atoms with Gasteiger partial charge < -0.3 is 14.9 Å². The second-order valence-corrected chi connectivity index (χ2v) is 9.35. The number of carboxylic acids is 1. The van der Waals surface area contributed by atoms with Crippen molar-refractivity contribution >= 4 is 41.2 Å². The molecule has 3 aliphatic heterocycles. The Hall–Kier alpha value is -4.54. The van der Waals surface area contributed by atoms with Crippen molar-refractivity contribution in [2.45, 2.75) is 31.8 Å². The Morgan fingerprint density at radius 1 is 0.919 bits per heavy atom. The van der Waals surface area contributed by atoms with Gasteiger partial charge >= 0.3 is 5.97 Å². The molecule has 2 fully saturated rings. The molecule has 0 spiro atoms. The number of fused-ring (bicyclic) bond motifs is 1. The molecular weight excluding hydrogens is 480 g/mol. The number of piperidine rings is 1. The highest BCUT2D eigenvalue weighted by Gasteiger charge is 2.45. The van der Waals surface area contributed by atoms with Crippen LogP contribution in [0.1, 0.15) is 61.2 Å². The molecule has 3 aliphatic rings. The predicted molar refractivity (Wildman–Crippen MR) is 129 cm³/mol. The summed E-state index contributed by atoms with van der Waals surface area (Å²) in [5, 5.41) is 11.2. The predicted octanol–water partition coefficient (Wildman–Crippen LogP) is 1.14. The largest absolute Gasteiger partial charge is 0.478 e. The summed E-state index contributed by atoms with van der Waals surface area (Å²) >= 11 is 0. The number of piperazine rings is 1. The molecule has 0 radical (unpaired) electrons. The van der Waals surface area contributed by atoms with E-state index in [0.29, 0.717) is 25.2 Å². The summed E-state index contributed by atoms with van der Waals surface area (Å²) in [6.45, 7) is 3.28. The second kappa shape index (κ2) is 9.16. The molecule has 2 N–H and O–H groups in total. The Morgan fingerprint density at radius 2 is 1.59 bits per heavy atom. The van der Waals surface area contributed by atoms with Gasteiger partial charge in [0.2, 0.25) is 11.8 Å². The van der Waals surface area contributed by atoms with Crippen molar-refractivity contribution in [2.24, 2.45) is 0 Å². The fraction of sp³-hybridized carbons (Fsp3) is 0.308. The average Bonchev–Trinajstić information content (AvgIpc) is 3.13. The van der Waals surface area contributed by atoms with Crippen molar-refractivity contribution in [1.29, 1.82) is 0 Å². The number of aromatic carboxylic acids is 1. The van der Waals surface area contributed by atoms with E-state index in [1.165, 1.54) is 24.3 Å². The van der Waals surface area contributed by atoms with Crippen LogP contribution in [0.3, 0.4) is 0 Å². The fourth-order valence-electron chi connectivity index (χ4n) is 5.07. The normalized spacial score (nSPS) is 21.7. The number of carbonyl (C=O) groups is 6. The number of carboxylic acid groups (broad SMARTS) is 1. The molecule has 0 aromatic heterocycles. The molecule has 37 heavy (non-hydrogen) atoms. The maximum atomic E-state index is 13.1. The van der Waals surface area contributed by atoms with Crippen molar-refractivity contribution < 1.29 is 33.9 Å². The highest BCUT2D eigenvalue weighted by molar-refractivity contribution is 6.23. The van der Waals surface area contributed by atoms with Gasteiger partial charge in [-0.2, -0.15) is 0 Å². The maximum Gasteiger partial charge on any atom is 0.335 e. The van der Waals surface area contributed by atoms with Crippen molar-refractivity contribution in [2.75, 3.05) is 24.5 Å². The van der Waals surface area contributed by atoms with Crippen LogP contribution in [0.4, 0.5) is 5.69 Å². The third-order valence-electron chi connectivity index (χ3n) is 7.06. The van der Waals surface area contributed by atoms with Gasteiger partial charge in [-0.1, -0.05) is 0 Å². The van der Waals surface area contributed by atoms with Crippen LogP contribution in [0.5, 0.6) is 0 Å². The minimum absolute atomic E-state index is 0.0552. The number of hydrogen-bond acceptors (Lipinski definition) is 7. The lowest BCUT2D eigenvalue weighted by molar-refractivity contribution is -0.136. The number of nitrogens with one attached hydrogen (secondary N) is 1. The maximum absolute atomic E-state index is 13.1. The molecule has 5 rings (SSSR count). The van der Waals surface area contributed by atoms with Crippen LogP contribution in [0.2, 0.25) is 0 Å². The van der Waals surface area contributed by atoms with Gasteiger partial charge in [-0.25, -0.2) is 4.79 Å². The third kappa shape index (κ3) is 4.22. The Bertz CT molecular complexity index is 1350. The van der Waals surface area contributed by atoms with Crippen molar-refractivity contribution in [3.8, 4) is 0 Å². The molecule has 0 saturated carbocycles. The first-order valence-corrected chi connectivity index (χ1v) is 11.9. The molecule has 2 atom stereocenters. The highest BCUT2D eigenvalue weighted by atomic mass is 16.4. The van der Waals surface area contributed by atoms with E-state index >= 15 is 0 Å². The molecule has 11 nitrogen and oxygen atoms in total. The zero-order chi connectivity index (χ0) is 26.4. The number of amides is 5. The summed E-state index contributed by atoms with van der Waals surface area (Å²) in [5.74, 6) is -3.46. The Morgan fingerprint density at radius 3 is 2.24 bits per heavy atom. The average molecular weight is 504 g/mol. The Kier molecular flexibility index (Phi) is 5.98. The van der Waals surface area contributed by atoms with Crippen LogP contribution >= 0.6 is 0 Å². The zero-order valence-electron chi connectivity index (χ0n) is 20.0. The van der Waals surface area contributed by atoms with Crippen LogP contribution in [0.15, 0.2) is 42.5 Å². The van der Waals surface area contributed by atoms with E-state index < -0.39 is 35.6 Å². The standard InChI is InChI=1S/C26H24N4O7/c1-14-13-28(10-11-29(14)23(33)15-2-4-16(5-3-15)26(36)37)17-6-7-18-19(12-17)25(35)30(24(18)34)20-8-9-21(31)27-22(20)32/h2-7,12,14,20H,8-11,13H2,1H3,(H,36,37)(H,27,31,32). The van der Waals surface area contributed by atoms with Gasteiger partial charge in [0.1, 0.15) is 6.04 Å². The second-order valence-electron chi connectivity index (χ2n) is 9.35. The van der Waals surface area contributed by atoms with Crippen molar-refractivity contribution in [3.05, 3.63) is 64.7 Å². The molecule has 2 aromatic rings. The van der Waals surface area contributed by atoms with Gasteiger partial charge in [0.25, 0.3) is 17.7 Å². The third-order valence-corrected chi connectivity index (χ3v) is 7.06. The SMILES string of the molecule is CC1CN(c2ccc3c(c2)C(=O)N(C2CCC(=O)NC2=O)C3=O)CCN1C(=O)c1ccc(C(=O)O)cc1. The lowest BCUT2D eigenvalue weighted by Gasteiger charge is -2.41. The first-order valence-electron chi connectivity index (χ1n) is 11.9. The van der Waals surface area contributed by atoms with E-state index in [2.05, 4.69) is 5.32 Å². The Labute approximate surface area is 211 Å². The molecule has 0 aliphatic carbocycles. The molecule has 3 heterocycles. The van der Waals surface area contributed by atoms with E-state index in [-0.39, 0.29) is 41.5 Å². The summed E-state index contributed by atoms with van der Waals surface area (Å²) in [7, 11) is 0. The van der Waals surface area contributed by atoms with E-state index in [1.54, 1.807) is 23.1 Å². The number of carbonyl (C=O) groups excluding carboxylic acids is 5. The van der Waals surface area contributed by atoms with Crippen LogP contribution in [-0.4, -0.2) is 82.1 Å². The molecule has 0 bridgehead atoms. The molecule has 11 heteroatoms. The lowest BCUT2D eigenvalue weighted by Crippen LogP contribution is -2.54. The van der Waals surface area contributed by atoms with Gasteiger partial charge in [0, 0.05) is 43.3 Å². The smallest absolute Gasteiger partial charge is 0.335 e. The summed E-state index contributed by atoms with van der Waals surface area (Å²) in [6, 6.07) is 9.56. The van der Waals surface area contributed by atoms with Crippen LogP contribution in [-0.2, 0) is 9.59 Å². The minimum atomic E-state index is -1.06. The quantitative estimate of drug-likeness (QED) is 0.590. The first-order chi connectivity index (χ1) is 17.7. The number of imide groups is 2. The molecular formula is C26H24N4O7. The number of rotatable bonds is 4. The van der Waals surface area contributed by atoms with Crippen LogP contribution < -0.4 is 10.2 Å². The number of nitrogens with zero attached hydrogens (tertiary/aromatic N) is 3. The van der Waals surface area contributed by atoms with Gasteiger partial charge in [0.15, 0.2) is 0 Å². The van der Waals surface area contributed by atoms with Crippen molar-refractivity contribution in [1.82, 2.24) is 15.1 Å². The van der Waals surface area contributed by atoms with E-state index in [9.17, 15) is 28.8 Å². The zero-order valence-corrected chi connectivity index (χ0v) is 20.0. The monoisotopic (exact) mass is 504 g/mol. The van der Waals surface area contributed by atoms with E-state index in [4.69, 9.17) is 5.11 Å². The summed E-state index contributed by atoms with van der Waals surface area (Å²) in [4.78, 5) is 78.6. The first kappa shape index (κ1) is 24.2. The minimum Gasteiger partial charge on any atom is -0.478 e. The highest BCUT2D eigenvalue weighted by Crippen LogP contribution is 2.31. The van der Waals surface area contributed by atoms with Crippen LogP contribution in [0, 0.1) is 0 Å². The van der Waals surface area contributed by atoms with E-state index in [1.807, 2.05) is 11.8 Å². The van der Waals surface area contributed by atoms with Gasteiger partial charge in [-0.05, 0) is 55.8 Å². The molecule has 2 unspecified atom stereocenters. The fourth-order valence-corrected chi connectivity index (χ4v) is 5.07. The number of benzene rings is 2. The number of hydrogen-bond donors (Lipinski definition) is 2. The van der Waals surface area contributed by atoms with Crippen molar-refractivity contribution in [3.63, 3.8) is 0 Å². The summed E-state index contributed by atoms with van der Waals surface area (Å²) in [6.07, 6.45) is 0.148. The molecule has 5 amide bonds. The van der Waals surface area contributed by atoms with Crippen LogP contribution in [0.25, 0.3) is 0 Å². The summed E-state index contributed by atoms with van der Waals surface area (Å²) < 4.78 is 0. The lowest BCUT2D eigenvalue weighted by atomic mass is 10.0.